The lowest BCUT2D eigenvalue weighted by Gasteiger charge is -2.15. The average molecular weight is 225 g/mol. The van der Waals surface area contributed by atoms with Gasteiger partial charge in [-0.3, -0.25) is 9.59 Å². The number of carboxylic acids is 1. The number of carboxylic acid groups (broad SMARTS) is 1. The third-order valence-corrected chi connectivity index (χ3v) is 2.97. The van der Waals surface area contributed by atoms with Crippen LogP contribution in [0.2, 0.25) is 0 Å². The number of aliphatic carboxylic acids is 1. The smallest absolute Gasteiger partial charge is 0.303 e. The van der Waals surface area contributed by atoms with E-state index in [-0.39, 0.29) is 12.3 Å². The molecule has 1 unspecified atom stereocenters. The number of likely N-dealkylation sites (tertiary alicyclic amines) is 1. The van der Waals surface area contributed by atoms with Crippen molar-refractivity contribution >= 4 is 11.9 Å². The molecule has 1 rings (SSSR count). The average Bonchev–Trinajstić information content (AvgIpc) is 2.71. The summed E-state index contributed by atoms with van der Waals surface area (Å²) in [5.41, 5.74) is 0. The summed E-state index contributed by atoms with van der Waals surface area (Å²) in [6.45, 7) is 5.09. The minimum Gasteiger partial charge on any atom is -0.481 e. The lowest BCUT2D eigenvalue weighted by atomic mass is 10.0. The Balaban J connectivity index is 2.26. The Morgan fingerprint density at radius 1 is 1.44 bits per heavy atom. The summed E-state index contributed by atoms with van der Waals surface area (Å²) < 4.78 is 0. The fraction of sp³-hybridized carbons (Fsp3) is 0.667. The number of carbonyl (C=O) groups is 2. The van der Waals surface area contributed by atoms with Gasteiger partial charge in [0.15, 0.2) is 0 Å². The van der Waals surface area contributed by atoms with Crippen LogP contribution in [0.3, 0.4) is 0 Å². The van der Waals surface area contributed by atoms with E-state index in [1.54, 1.807) is 6.08 Å². The summed E-state index contributed by atoms with van der Waals surface area (Å²) in [7, 11) is 0. The van der Waals surface area contributed by atoms with Gasteiger partial charge in [0.05, 0.1) is 0 Å². The number of rotatable bonds is 6. The van der Waals surface area contributed by atoms with Gasteiger partial charge in [0.1, 0.15) is 0 Å². The summed E-state index contributed by atoms with van der Waals surface area (Å²) in [6.07, 6.45) is 4.81. The summed E-state index contributed by atoms with van der Waals surface area (Å²) >= 11 is 0. The van der Waals surface area contributed by atoms with Gasteiger partial charge in [-0.25, -0.2) is 0 Å². The molecule has 1 saturated heterocycles. The first-order valence-electron chi connectivity index (χ1n) is 5.74. The van der Waals surface area contributed by atoms with E-state index < -0.39 is 5.97 Å². The van der Waals surface area contributed by atoms with E-state index in [1.807, 2.05) is 4.90 Å². The first kappa shape index (κ1) is 12.7. The van der Waals surface area contributed by atoms with Crippen LogP contribution < -0.4 is 0 Å². The normalized spacial score (nSPS) is 19.8. The highest BCUT2D eigenvalue weighted by molar-refractivity contribution is 5.76. The van der Waals surface area contributed by atoms with Crippen molar-refractivity contribution in [2.45, 2.75) is 32.1 Å². The third-order valence-electron chi connectivity index (χ3n) is 2.97. The molecule has 0 aromatic rings. The summed E-state index contributed by atoms with van der Waals surface area (Å²) in [5.74, 6) is -0.224. The standard InChI is InChI=1S/C12H19NO3/c1-2-3-4-11(14)13-8-7-10(9-13)5-6-12(15)16/h2,10H,1,3-9H2,(H,15,16). The van der Waals surface area contributed by atoms with Crippen LogP contribution >= 0.6 is 0 Å². The van der Waals surface area contributed by atoms with E-state index >= 15 is 0 Å². The molecule has 16 heavy (non-hydrogen) atoms. The van der Waals surface area contributed by atoms with Crippen molar-refractivity contribution in [3.8, 4) is 0 Å². The van der Waals surface area contributed by atoms with Crippen molar-refractivity contribution in [2.75, 3.05) is 13.1 Å². The molecule has 1 N–H and O–H groups in total. The summed E-state index contributed by atoms with van der Waals surface area (Å²) in [5, 5.41) is 8.57. The van der Waals surface area contributed by atoms with Crippen molar-refractivity contribution in [1.29, 1.82) is 0 Å². The summed E-state index contributed by atoms with van der Waals surface area (Å²) in [4.78, 5) is 23.9. The second kappa shape index (κ2) is 6.30. The molecule has 0 radical (unpaired) electrons. The molecule has 0 bridgehead atoms. The molecule has 1 heterocycles. The highest BCUT2D eigenvalue weighted by Crippen LogP contribution is 2.21. The molecule has 0 spiro atoms. The SMILES string of the molecule is C=CCCC(=O)N1CCC(CCC(=O)O)C1. The van der Waals surface area contributed by atoms with Crippen LogP contribution in [0, 0.1) is 5.92 Å². The molecular weight excluding hydrogens is 206 g/mol. The van der Waals surface area contributed by atoms with Gasteiger partial charge in [-0.15, -0.1) is 6.58 Å². The molecule has 0 aliphatic carbocycles. The van der Waals surface area contributed by atoms with E-state index in [0.717, 1.165) is 25.9 Å². The molecule has 0 aromatic carbocycles. The predicted octanol–water partition coefficient (Wildman–Crippen LogP) is 1.67. The Bertz CT molecular complexity index is 275. The van der Waals surface area contributed by atoms with Gasteiger partial charge in [0.25, 0.3) is 0 Å². The van der Waals surface area contributed by atoms with Crippen LogP contribution in [-0.4, -0.2) is 35.0 Å². The zero-order valence-corrected chi connectivity index (χ0v) is 9.52. The molecule has 1 aliphatic heterocycles. The topological polar surface area (TPSA) is 57.6 Å². The van der Waals surface area contributed by atoms with Gasteiger partial charge in [-0.05, 0) is 25.2 Å². The lowest BCUT2D eigenvalue weighted by Crippen LogP contribution is -2.28. The van der Waals surface area contributed by atoms with Crippen molar-refractivity contribution in [3.63, 3.8) is 0 Å². The first-order chi connectivity index (χ1) is 7.63. The molecule has 1 amide bonds. The fourth-order valence-electron chi connectivity index (χ4n) is 2.01. The maximum Gasteiger partial charge on any atom is 0.303 e. The lowest BCUT2D eigenvalue weighted by molar-refractivity contribution is -0.137. The molecule has 1 aliphatic rings. The van der Waals surface area contributed by atoms with Gasteiger partial charge in [-0.2, -0.15) is 0 Å². The Labute approximate surface area is 95.9 Å². The monoisotopic (exact) mass is 225 g/mol. The van der Waals surface area contributed by atoms with Crippen LogP contribution in [0.4, 0.5) is 0 Å². The molecule has 0 saturated carbocycles. The Hall–Kier alpha value is -1.32. The van der Waals surface area contributed by atoms with Crippen LogP contribution in [0.25, 0.3) is 0 Å². The Morgan fingerprint density at radius 3 is 2.81 bits per heavy atom. The van der Waals surface area contributed by atoms with E-state index in [2.05, 4.69) is 6.58 Å². The predicted molar refractivity (Wildman–Crippen MR) is 61.0 cm³/mol. The fourth-order valence-corrected chi connectivity index (χ4v) is 2.01. The largest absolute Gasteiger partial charge is 0.481 e. The zero-order valence-electron chi connectivity index (χ0n) is 9.52. The number of nitrogens with zero attached hydrogens (tertiary/aromatic N) is 1. The quantitative estimate of drug-likeness (QED) is 0.699. The van der Waals surface area contributed by atoms with Crippen molar-refractivity contribution in [3.05, 3.63) is 12.7 Å². The van der Waals surface area contributed by atoms with Crippen LogP contribution in [-0.2, 0) is 9.59 Å². The van der Waals surface area contributed by atoms with Gasteiger partial charge < -0.3 is 10.0 Å². The molecule has 90 valence electrons. The van der Waals surface area contributed by atoms with Gasteiger partial charge in [0, 0.05) is 25.9 Å². The summed E-state index contributed by atoms with van der Waals surface area (Å²) in [6, 6.07) is 0. The molecule has 0 aromatic heterocycles. The number of allylic oxidation sites excluding steroid dienone is 1. The molecule has 4 heteroatoms. The first-order valence-corrected chi connectivity index (χ1v) is 5.74. The molecule has 4 nitrogen and oxygen atoms in total. The van der Waals surface area contributed by atoms with E-state index in [4.69, 9.17) is 5.11 Å². The Morgan fingerprint density at radius 2 is 2.19 bits per heavy atom. The molecular formula is C12H19NO3. The van der Waals surface area contributed by atoms with Crippen molar-refractivity contribution in [1.82, 2.24) is 4.90 Å². The van der Waals surface area contributed by atoms with E-state index in [9.17, 15) is 9.59 Å². The number of hydrogen-bond donors (Lipinski definition) is 1. The van der Waals surface area contributed by atoms with Gasteiger partial charge >= 0.3 is 5.97 Å². The highest BCUT2D eigenvalue weighted by atomic mass is 16.4. The van der Waals surface area contributed by atoms with Crippen molar-refractivity contribution < 1.29 is 14.7 Å². The number of amides is 1. The number of carbonyl (C=O) groups excluding carboxylic acids is 1. The minimum atomic E-state index is -0.753. The van der Waals surface area contributed by atoms with Crippen LogP contribution in [0.15, 0.2) is 12.7 Å². The maximum absolute atomic E-state index is 11.6. The molecule has 1 atom stereocenters. The number of hydrogen-bond acceptors (Lipinski definition) is 2. The third kappa shape index (κ3) is 4.04. The minimum absolute atomic E-state index is 0.165. The maximum atomic E-state index is 11.6. The van der Waals surface area contributed by atoms with Gasteiger partial charge in [0.2, 0.25) is 5.91 Å². The van der Waals surface area contributed by atoms with Crippen molar-refractivity contribution in [2.24, 2.45) is 5.92 Å². The Kier molecular flexibility index (Phi) is 5.02. The molecule has 1 fully saturated rings. The van der Waals surface area contributed by atoms with E-state index in [1.165, 1.54) is 0 Å². The van der Waals surface area contributed by atoms with Crippen LogP contribution in [0.1, 0.15) is 32.1 Å². The van der Waals surface area contributed by atoms with Crippen LogP contribution in [0.5, 0.6) is 0 Å². The van der Waals surface area contributed by atoms with Gasteiger partial charge in [-0.1, -0.05) is 6.08 Å². The second-order valence-corrected chi connectivity index (χ2v) is 4.25. The zero-order chi connectivity index (χ0) is 12.0. The highest BCUT2D eigenvalue weighted by Gasteiger charge is 2.25. The van der Waals surface area contributed by atoms with E-state index in [0.29, 0.717) is 18.8 Å². The second-order valence-electron chi connectivity index (χ2n) is 4.25.